The molecular formula is C22H24N4O2. The van der Waals surface area contributed by atoms with Gasteiger partial charge in [-0.2, -0.15) is 0 Å². The van der Waals surface area contributed by atoms with E-state index in [1.54, 1.807) is 6.20 Å². The summed E-state index contributed by atoms with van der Waals surface area (Å²) < 4.78 is 13.9. The SMILES string of the molecule is CCCn1c(COCC)nc2cnc3ccc(OCc4cccnc4)cc3c21. The maximum Gasteiger partial charge on any atom is 0.136 e. The third kappa shape index (κ3) is 3.68. The van der Waals surface area contributed by atoms with E-state index < -0.39 is 0 Å². The molecule has 0 atom stereocenters. The minimum absolute atomic E-state index is 0.479. The molecule has 0 unspecified atom stereocenters. The Morgan fingerprint density at radius 3 is 2.75 bits per heavy atom. The molecule has 0 fully saturated rings. The van der Waals surface area contributed by atoms with Crippen LogP contribution >= 0.6 is 0 Å². The van der Waals surface area contributed by atoms with Crippen molar-refractivity contribution < 1.29 is 9.47 Å². The van der Waals surface area contributed by atoms with E-state index in [1.807, 2.05) is 43.6 Å². The second-order valence-electron chi connectivity index (χ2n) is 6.64. The Morgan fingerprint density at radius 1 is 1.04 bits per heavy atom. The quantitative estimate of drug-likeness (QED) is 0.453. The van der Waals surface area contributed by atoms with Crippen molar-refractivity contribution in [1.29, 1.82) is 0 Å². The largest absolute Gasteiger partial charge is 0.489 e. The molecule has 0 N–H and O–H groups in total. The van der Waals surface area contributed by atoms with Crippen molar-refractivity contribution in [3.63, 3.8) is 0 Å². The average molecular weight is 376 g/mol. The fourth-order valence-electron chi connectivity index (χ4n) is 3.35. The standard InChI is InChI=1S/C22H24N4O2/c1-3-10-26-21(15-27-4-2)25-20-13-24-19-8-7-17(11-18(19)22(20)26)28-14-16-6-5-9-23-12-16/h5-9,11-13H,3-4,10,14-15H2,1-2H3. The molecule has 28 heavy (non-hydrogen) atoms. The van der Waals surface area contributed by atoms with Gasteiger partial charge in [-0.05, 0) is 37.6 Å². The first kappa shape index (κ1) is 18.4. The number of aromatic nitrogens is 4. The van der Waals surface area contributed by atoms with E-state index >= 15 is 0 Å². The molecular weight excluding hydrogens is 352 g/mol. The maximum absolute atomic E-state index is 6.00. The van der Waals surface area contributed by atoms with Crippen LogP contribution in [0.25, 0.3) is 21.9 Å². The molecule has 0 amide bonds. The van der Waals surface area contributed by atoms with Crippen LogP contribution in [0.3, 0.4) is 0 Å². The van der Waals surface area contributed by atoms with E-state index in [-0.39, 0.29) is 0 Å². The fraction of sp³-hybridized carbons (Fsp3) is 0.318. The van der Waals surface area contributed by atoms with E-state index in [0.717, 1.165) is 52.0 Å². The molecule has 0 aliphatic heterocycles. The van der Waals surface area contributed by atoms with Gasteiger partial charge in [0, 0.05) is 36.5 Å². The molecule has 0 spiro atoms. The summed E-state index contributed by atoms with van der Waals surface area (Å²) in [7, 11) is 0. The minimum Gasteiger partial charge on any atom is -0.489 e. The van der Waals surface area contributed by atoms with Gasteiger partial charge < -0.3 is 14.0 Å². The second-order valence-corrected chi connectivity index (χ2v) is 6.64. The highest BCUT2D eigenvalue weighted by Gasteiger charge is 2.14. The van der Waals surface area contributed by atoms with Crippen LogP contribution in [0.5, 0.6) is 5.75 Å². The van der Waals surface area contributed by atoms with Gasteiger partial charge in [0.15, 0.2) is 0 Å². The zero-order valence-electron chi connectivity index (χ0n) is 16.3. The van der Waals surface area contributed by atoms with Gasteiger partial charge in [0.2, 0.25) is 0 Å². The zero-order valence-corrected chi connectivity index (χ0v) is 16.3. The van der Waals surface area contributed by atoms with Gasteiger partial charge in [0.25, 0.3) is 0 Å². The highest BCUT2D eigenvalue weighted by Crippen LogP contribution is 2.29. The molecule has 4 rings (SSSR count). The van der Waals surface area contributed by atoms with E-state index in [9.17, 15) is 0 Å². The molecule has 6 nitrogen and oxygen atoms in total. The van der Waals surface area contributed by atoms with E-state index in [2.05, 4.69) is 27.5 Å². The van der Waals surface area contributed by atoms with Crippen molar-refractivity contribution >= 4 is 21.9 Å². The lowest BCUT2D eigenvalue weighted by Gasteiger charge is -2.11. The Hall–Kier alpha value is -2.99. The molecule has 0 aliphatic rings. The molecule has 0 saturated heterocycles. The zero-order chi connectivity index (χ0) is 19.3. The predicted molar refractivity (Wildman–Crippen MR) is 109 cm³/mol. The lowest BCUT2D eigenvalue weighted by molar-refractivity contribution is 0.126. The van der Waals surface area contributed by atoms with Gasteiger partial charge in [0.05, 0.1) is 17.2 Å². The monoisotopic (exact) mass is 376 g/mol. The third-order valence-corrected chi connectivity index (χ3v) is 4.63. The summed E-state index contributed by atoms with van der Waals surface area (Å²) >= 11 is 0. The van der Waals surface area contributed by atoms with E-state index in [0.29, 0.717) is 19.8 Å². The Morgan fingerprint density at radius 2 is 1.96 bits per heavy atom. The Labute approximate surface area is 164 Å². The molecule has 3 heterocycles. The topological polar surface area (TPSA) is 62.1 Å². The first-order valence-corrected chi connectivity index (χ1v) is 9.67. The number of aryl methyl sites for hydroxylation is 1. The maximum atomic E-state index is 6.00. The van der Waals surface area contributed by atoms with Crippen LogP contribution in [0, 0.1) is 0 Å². The van der Waals surface area contributed by atoms with E-state index in [4.69, 9.17) is 14.5 Å². The molecule has 0 aliphatic carbocycles. The predicted octanol–water partition coefficient (Wildman–Crippen LogP) is 4.51. The Balaban J connectivity index is 1.75. The van der Waals surface area contributed by atoms with Crippen LogP contribution in [0.2, 0.25) is 0 Å². The van der Waals surface area contributed by atoms with Crippen molar-refractivity contribution in [3.8, 4) is 5.75 Å². The van der Waals surface area contributed by atoms with Gasteiger partial charge in [-0.25, -0.2) is 4.98 Å². The fourth-order valence-corrected chi connectivity index (χ4v) is 3.35. The van der Waals surface area contributed by atoms with Crippen LogP contribution in [-0.4, -0.2) is 26.1 Å². The van der Waals surface area contributed by atoms with Crippen molar-refractivity contribution in [1.82, 2.24) is 19.5 Å². The lowest BCUT2D eigenvalue weighted by Crippen LogP contribution is -2.05. The van der Waals surface area contributed by atoms with Crippen LogP contribution in [0.1, 0.15) is 31.7 Å². The molecule has 0 radical (unpaired) electrons. The third-order valence-electron chi connectivity index (χ3n) is 4.63. The Kier molecular flexibility index (Phi) is 5.48. The molecule has 0 saturated carbocycles. The minimum atomic E-state index is 0.479. The van der Waals surface area contributed by atoms with Crippen LogP contribution in [0.4, 0.5) is 0 Å². The molecule has 6 heteroatoms. The molecule has 3 aromatic heterocycles. The van der Waals surface area contributed by atoms with Crippen LogP contribution < -0.4 is 4.74 Å². The highest BCUT2D eigenvalue weighted by atomic mass is 16.5. The molecule has 0 bridgehead atoms. The van der Waals surface area contributed by atoms with E-state index in [1.165, 1.54) is 0 Å². The summed E-state index contributed by atoms with van der Waals surface area (Å²) in [5, 5.41) is 1.05. The summed E-state index contributed by atoms with van der Waals surface area (Å²) in [4.78, 5) is 13.5. The van der Waals surface area contributed by atoms with Crippen molar-refractivity contribution in [2.24, 2.45) is 0 Å². The molecule has 144 valence electrons. The van der Waals surface area contributed by atoms with Crippen LogP contribution in [-0.2, 0) is 24.5 Å². The first-order valence-electron chi connectivity index (χ1n) is 9.67. The summed E-state index contributed by atoms with van der Waals surface area (Å²) in [5.41, 5.74) is 3.95. The number of hydrogen-bond acceptors (Lipinski definition) is 5. The first-order chi connectivity index (χ1) is 13.8. The number of fused-ring (bicyclic) bond motifs is 3. The summed E-state index contributed by atoms with van der Waals surface area (Å²) in [6.45, 7) is 6.70. The van der Waals surface area contributed by atoms with Crippen LogP contribution in [0.15, 0.2) is 48.9 Å². The number of rotatable bonds is 8. The number of ether oxygens (including phenoxy) is 2. The Bertz CT molecular complexity index is 1080. The summed E-state index contributed by atoms with van der Waals surface area (Å²) in [6.07, 6.45) is 6.44. The van der Waals surface area contributed by atoms with Crippen molar-refractivity contribution in [2.75, 3.05) is 6.61 Å². The number of benzene rings is 1. The number of hydrogen-bond donors (Lipinski definition) is 0. The normalized spacial score (nSPS) is 11.4. The van der Waals surface area contributed by atoms with Gasteiger partial charge >= 0.3 is 0 Å². The second kappa shape index (κ2) is 8.35. The summed E-state index contributed by atoms with van der Waals surface area (Å²) in [6, 6.07) is 9.93. The highest BCUT2D eigenvalue weighted by molar-refractivity contribution is 6.02. The average Bonchev–Trinajstić information content (AvgIpc) is 3.09. The molecule has 4 aromatic rings. The van der Waals surface area contributed by atoms with Gasteiger partial charge in [-0.15, -0.1) is 0 Å². The van der Waals surface area contributed by atoms with Crippen molar-refractivity contribution in [3.05, 3.63) is 60.3 Å². The van der Waals surface area contributed by atoms with Gasteiger partial charge in [-0.3, -0.25) is 9.97 Å². The van der Waals surface area contributed by atoms with Crippen molar-refractivity contribution in [2.45, 2.75) is 40.0 Å². The number of nitrogens with zero attached hydrogens (tertiary/aromatic N) is 4. The van der Waals surface area contributed by atoms with Gasteiger partial charge in [0.1, 0.15) is 30.3 Å². The number of pyridine rings is 2. The molecule has 1 aromatic carbocycles. The van der Waals surface area contributed by atoms with Gasteiger partial charge in [-0.1, -0.05) is 13.0 Å². The smallest absolute Gasteiger partial charge is 0.136 e. The lowest BCUT2D eigenvalue weighted by atomic mass is 10.2. The number of imidazole rings is 1. The summed E-state index contributed by atoms with van der Waals surface area (Å²) in [5.74, 6) is 1.75.